The highest BCUT2D eigenvalue weighted by molar-refractivity contribution is 6.35. The zero-order valence-corrected chi connectivity index (χ0v) is 9.14. The largest absolute Gasteiger partial charge is 0.388 e. The second kappa shape index (κ2) is 4.78. The number of aliphatic hydroxyl groups is 1. The molecule has 1 aromatic carbocycles. The lowest BCUT2D eigenvalue weighted by molar-refractivity contribution is -0.118. The third-order valence-corrected chi connectivity index (χ3v) is 2.36. The van der Waals surface area contributed by atoms with Crippen molar-refractivity contribution in [3.8, 4) is 0 Å². The molecule has 0 aliphatic rings. The van der Waals surface area contributed by atoms with Crippen molar-refractivity contribution in [3.63, 3.8) is 0 Å². The van der Waals surface area contributed by atoms with E-state index in [1.165, 1.54) is 6.92 Å². The van der Waals surface area contributed by atoms with Gasteiger partial charge in [-0.3, -0.25) is 4.79 Å². The monoisotopic (exact) mass is 232 g/mol. The van der Waals surface area contributed by atoms with Gasteiger partial charge < -0.3 is 5.11 Å². The maximum Gasteiger partial charge on any atom is 0.132 e. The molecule has 0 aliphatic heterocycles. The van der Waals surface area contributed by atoms with Crippen LogP contribution in [0.5, 0.6) is 0 Å². The Balaban J connectivity index is 2.90. The summed E-state index contributed by atoms with van der Waals surface area (Å²) < 4.78 is 0. The van der Waals surface area contributed by atoms with E-state index in [2.05, 4.69) is 0 Å². The molecule has 0 heterocycles. The highest BCUT2D eigenvalue weighted by atomic mass is 35.5. The fourth-order valence-electron chi connectivity index (χ4n) is 1.15. The van der Waals surface area contributed by atoms with Gasteiger partial charge in [-0.25, -0.2) is 0 Å². The van der Waals surface area contributed by atoms with Crippen molar-refractivity contribution in [1.29, 1.82) is 0 Å². The highest BCUT2D eigenvalue weighted by Gasteiger charge is 2.13. The lowest BCUT2D eigenvalue weighted by atomic mass is 10.1. The van der Waals surface area contributed by atoms with E-state index in [0.29, 0.717) is 15.6 Å². The van der Waals surface area contributed by atoms with Crippen LogP contribution in [0.2, 0.25) is 10.0 Å². The van der Waals surface area contributed by atoms with Crippen molar-refractivity contribution in [2.24, 2.45) is 0 Å². The van der Waals surface area contributed by atoms with Gasteiger partial charge in [0.2, 0.25) is 0 Å². The van der Waals surface area contributed by atoms with Crippen LogP contribution in [0.4, 0.5) is 0 Å². The average Bonchev–Trinajstić information content (AvgIpc) is 2.01. The molecule has 0 unspecified atom stereocenters. The molecule has 1 atom stereocenters. The Morgan fingerprint density at radius 3 is 2.64 bits per heavy atom. The molecule has 4 heteroatoms. The minimum absolute atomic E-state index is 0.0708. The first-order valence-corrected chi connectivity index (χ1v) is 4.88. The van der Waals surface area contributed by atoms with Crippen LogP contribution < -0.4 is 0 Å². The molecule has 0 amide bonds. The van der Waals surface area contributed by atoms with E-state index in [-0.39, 0.29) is 12.2 Å². The average molecular weight is 233 g/mol. The topological polar surface area (TPSA) is 37.3 Å². The number of halogens is 2. The number of hydrogen-bond donors (Lipinski definition) is 1. The molecule has 0 radical (unpaired) electrons. The van der Waals surface area contributed by atoms with Crippen molar-refractivity contribution in [1.82, 2.24) is 0 Å². The van der Waals surface area contributed by atoms with E-state index in [1.54, 1.807) is 18.2 Å². The molecular weight excluding hydrogens is 223 g/mol. The summed E-state index contributed by atoms with van der Waals surface area (Å²) >= 11 is 11.5. The van der Waals surface area contributed by atoms with Crippen LogP contribution >= 0.6 is 23.2 Å². The number of hydrogen-bond acceptors (Lipinski definition) is 2. The van der Waals surface area contributed by atoms with Gasteiger partial charge in [0, 0.05) is 16.5 Å². The van der Waals surface area contributed by atoms with Crippen molar-refractivity contribution < 1.29 is 9.90 Å². The van der Waals surface area contributed by atoms with Crippen molar-refractivity contribution in [2.45, 2.75) is 19.4 Å². The van der Waals surface area contributed by atoms with E-state index in [0.717, 1.165) is 0 Å². The van der Waals surface area contributed by atoms with Gasteiger partial charge in [0.1, 0.15) is 5.78 Å². The molecule has 0 bridgehead atoms. The predicted octanol–water partition coefficient (Wildman–Crippen LogP) is 3.01. The Morgan fingerprint density at radius 2 is 2.14 bits per heavy atom. The summed E-state index contributed by atoms with van der Waals surface area (Å²) in [6, 6.07) is 4.80. The molecule has 1 aromatic rings. The van der Waals surface area contributed by atoms with Crippen molar-refractivity contribution >= 4 is 29.0 Å². The number of carbonyl (C=O) groups excluding carboxylic acids is 1. The predicted molar refractivity (Wildman–Crippen MR) is 56.7 cm³/mol. The van der Waals surface area contributed by atoms with Crippen LogP contribution in [0.3, 0.4) is 0 Å². The Bertz CT molecular complexity index is 350. The van der Waals surface area contributed by atoms with Gasteiger partial charge in [-0.05, 0) is 24.6 Å². The Hall–Kier alpha value is -0.570. The van der Waals surface area contributed by atoms with Crippen LogP contribution in [0.15, 0.2) is 18.2 Å². The van der Waals surface area contributed by atoms with E-state index >= 15 is 0 Å². The Morgan fingerprint density at radius 1 is 1.50 bits per heavy atom. The molecule has 0 aromatic heterocycles. The fraction of sp³-hybridized carbons (Fsp3) is 0.300. The summed E-state index contributed by atoms with van der Waals surface area (Å²) in [5.41, 5.74) is 0.534. The molecule has 2 nitrogen and oxygen atoms in total. The summed E-state index contributed by atoms with van der Waals surface area (Å²) in [4.78, 5) is 10.8. The molecule has 0 fully saturated rings. The van der Waals surface area contributed by atoms with E-state index in [4.69, 9.17) is 23.2 Å². The van der Waals surface area contributed by atoms with Gasteiger partial charge in [0.05, 0.1) is 6.10 Å². The number of ketones is 1. The Labute approximate surface area is 92.5 Å². The molecule has 0 aliphatic carbocycles. The first kappa shape index (κ1) is 11.5. The molecule has 14 heavy (non-hydrogen) atoms. The summed E-state index contributed by atoms with van der Waals surface area (Å²) in [6.45, 7) is 1.42. The van der Waals surface area contributed by atoms with E-state index < -0.39 is 6.10 Å². The van der Waals surface area contributed by atoms with E-state index in [9.17, 15) is 9.90 Å². The zero-order chi connectivity index (χ0) is 10.7. The first-order chi connectivity index (χ1) is 6.50. The van der Waals surface area contributed by atoms with Gasteiger partial charge in [-0.1, -0.05) is 29.3 Å². The maximum absolute atomic E-state index is 10.8. The molecule has 0 saturated heterocycles. The molecule has 1 rings (SSSR count). The minimum Gasteiger partial charge on any atom is -0.388 e. The summed E-state index contributed by atoms with van der Waals surface area (Å²) in [5, 5.41) is 10.5. The second-order valence-corrected chi connectivity index (χ2v) is 3.93. The summed E-state index contributed by atoms with van der Waals surface area (Å²) in [7, 11) is 0. The third kappa shape index (κ3) is 2.98. The molecule has 0 spiro atoms. The summed E-state index contributed by atoms with van der Waals surface area (Å²) in [6.07, 6.45) is -0.779. The van der Waals surface area contributed by atoms with Crippen LogP contribution in [-0.4, -0.2) is 10.9 Å². The smallest absolute Gasteiger partial charge is 0.132 e. The zero-order valence-electron chi connectivity index (χ0n) is 7.63. The van der Waals surface area contributed by atoms with Crippen LogP contribution in [-0.2, 0) is 4.79 Å². The van der Waals surface area contributed by atoms with Crippen LogP contribution in [0.1, 0.15) is 25.0 Å². The SMILES string of the molecule is CC(=O)C[C@@H](O)c1ccc(Cl)cc1Cl. The molecular formula is C10H10Cl2O2. The number of rotatable bonds is 3. The van der Waals surface area contributed by atoms with Crippen molar-refractivity contribution in [3.05, 3.63) is 33.8 Å². The van der Waals surface area contributed by atoms with Crippen LogP contribution in [0, 0.1) is 0 Å². The van der Waals surface area contributed by atoms with E-state index in [1.807, 2.05) is 0 Å². The normalized spacial score (nSPS) is 12.6. The minimum atomic E-state index is -0.850. The third-order valence-electron chi connectivity index (χ3n) is 1.80. The summed E-state index contributed by atoms with van der Waals surface area (Å²) in [5.74, 6) is -0.0801. The van der Waals surface area contributed by atoms with Crippen LogP contribution in [0.25, 0.3) is 0 Å². The molecule has 0 saturated carbocycles. The number of carbonyl (C=O) groups is 1. The quantitative estimate of drug-likeness (QED) is 0.871. The number of aliphatic hydroxyl groups excluding tert-OH is 1. The standard InChI is InChI=1S/C10H10Cl2O2/c1-6(13)4-10(14)8-3-2-7(11)5-9(8)12/h2-3,5,10,14H,4H2,1H3/t10-/m1/s1. The molecule has 76 valence electrons. The number of Topliss-reactive ketones (excluding diaryl/α,β-unsaturated/α-hetero) is 1. The van der Waals surface area contributed by atoms with Gasteiger partial charge >= 0.3 is 0 Å². The lowest BCUT2D eigenvalue weighted by Crippen LogP contribution is -2.03. The van der Waals surface area contributed by atoms with Crippen molar-refractivity contribution in [2.75, 3.05) is 0 Å². The molecule has 1 N–H and O–H groups in total. The fourth-order valence-corrected chi connectivity index (χ4v) is 1.69. The Kier molecular flexibility index (Phi) is 3.93. The second-order valence-electron chi connectivity index (χ2n) is 3.09. The first-order valence-electron chi connectivity index (χ1n) is 4.13. The van der Waals surface area contributed by atoms with Gasteiger partial charge in [-0.15, -0.1) is 0 Å². The maximum atomic E-state index is 10.8. The van der Waals surface area contributed by atoms with Gasteiger partial charge in [0.25, 0.3) is 0 Å². The number of benzene rings is 1. The van der Waals surface area contributed by atoms with Gasteiger partial charge in [-0.2, -0.15) is 0 Å². The lowest BCUT2D eigenvalue weighted by Gasteiger charge is -2.10. The van der Waals surface area contributed by atoms with Gasteiger partial charge in [0.15, 0.2) is 0 Å². The highest BCUT2D eigenvalue weighted by Crippen LogP contribution is 2.27.